The van der Waals surface area contributed by atoms with Crippen LogP contribution in [0.15, 0.2) is 18.2 Å². The highest BCUT2D eigenvalue weighted by atomic mass is 35.5. The maximum atomic E-state index is 10.8. The van der Waals surface area contributed by atoms with E-state index in [1.165, 1.54) is 6.07 Å². The van der Waals surface area contributed by atoms with Crippen LogP contribution in [0.2, 0.25) is 5.02 Å². The van der Waals surface area contributed by atoms with E-state index in [4.69, 9.17) is 16.3 Å². The van der Waals surface area contributed by atoms with Gasteiger partial charge in [-0.2, -0.15) is 0 Å². The summed E-state index contributed by atoms with van der Waals surface area (Å²) in [6, 6.07) is 4.59. The second-order valence-electron chi connectivity index (χ2n) is 3.81. The van der Waals surface area contributed by atoms with E-state index in [-0.39, 0.29) is 5.69 Å². The summed E-state index contributed by atoms with van der Waals surface area (Å²) in [6.45, 7) is 4.09. The van der Waals surface area contributed by atoms with Gasteiger partial charge in [0.05, 0.1) is 4.92 Å². The normalized spacial score (nSPS) is 10.3. The number of anilines is 1. The molecule has 100 valence electrons. The second kappa shape index (κ2) is 7.89. The van der Waals surface area contributed by atoms with Gasteiger partial charge in [-0.25, -0.2) is 0 Å². The topological polar surface area (TPSA) is 64.4 Å². The zero-order valence-electron chi connectivity index (χ0n) is 10.3. The monoisotopic (exact) mass is 272 g/mol. The van der Waals surface area contributed by atoms with Gasteiger partial charge in [0.2, 0.25) is 0 Å². The van der Waals surface area contributed by atoms with E-state index in [2.05, 4.69) is 12.2 Å². The van der Waals surface area contributed by atoms with E-state index in [0.29, 0.717) is 23.9 Å². The van der Waals surface area contributed by atoms with Crippen LogP contribution in [-0.2, 0) is 4.74 Å². The van der Waals surface area contributed by atoms with Gasteiger partial charge < -0.3 is 10.1 Å². The van der Waals surface area contributed by atoms with Crippen LogP contribution >= 0.6 is 11.6 Å². The zero-order chi connectivity index (χ0) is 13.4. The first-order valence-corrected chi connectivity index (χ1v) is 6.28. The van der Waals surface area contributed by atoms with Crippen molar-refractivity contribution in [3.63, 3.8) is 0 Å². The molecule has 0 aliphatic heterocycles. The number of hydrogen-bond donors (Lipinski definition) is 1. The molecule has 0 amide bonds. The smallest absolute Gasteiger partial charge is 0.293 e. The number of nitrogens with zero attached hydrogens (tertiary/aromatic N) is 1. The van der Waals surface area contributed by atoms with Crippen molar-refractivity contribution in [3.8, 4) is 0 Å². The number of rotatable bonds is 8. The Bertz CT molecular complexity index is 399. The maximum absolute atomic E-state index is 10.8. The van der Waals surface area contributed by atoms with Gasteiger partial charge in [-0.15, -0.1) is 0 Å². The molecule has 0 atom stereocenters. The summed E-state index contributed by atoms with van der Waals surface area (Å²) in [7, 11) is 0. The molecule has 6 heteroatoms. The molecule has 18 heavy (non-hydrogen) atoms. The van der Waals surface area contributed by atoms with Crippen molar-refractivity contribution in [2.45, 2.75) is 19.8 Å². The van der Waals surface area contributed by atoms with Gasteiger partial charge in [0.15, 0.2) is 0 Å². The number of hydrogen-bond acceptors (Lipinski definition) is 4. The Morgan fingerprint density at radius 3 is 2.89 bits per heavy atom. The highest BCUT2D eigenvalue weighted by molar-refractivity contribution is 6.30. The molecule has 0 aliphatic carbocycles. The van der Waals surface area contributed by atoms with Crippen molar-refractivity contribution in [2.24, 2.45) is 0 Å². The fourth-order valence-corrected chi connectivity index (χ4v) is 1.62. The van der Waals surface area contributed by atoms with E-state index in [0.717, 1.165) is 19.4 Å². The standard InChI is InChI=1S/C12H17ClN2O3/c1-2-7-18-8-3-6-14-11-5-4-10(13)9-12(11)15(16)17/h4-5,9,14H,2-3,6-8H2,1H3. The lowest BCUT2D eigenvalue weighted by Crippen LogP contribution is -2.07. The quantitative estimate of drug-likeness (QED) is 0.447. The molecule has 1 rings (SSSR count). The number of nitrogens with one attached hydrogen (secondary N) is 1. The van der Waals surface area contributed by atoms with Gasteiger partial charge in [-0.1, -0.05) is 18.5 Å². The lowest BCUT2D eigenvalue weighted by atomic mass is 10.2. The predicted octanol–water partition coefficient (Wildman–Crippen LogP) is 3.48. The molecule has 0 saturated carbocycles. The average molecular weight is 273 g/mol. The van der Waals surface area contributed by atoms with E-state index in [9.17, 15) is 10.1 Å². The van der Waals surface area contributed by atoms with Gasteiger partial charge in [-0.3, -0.25) is 10.1 Å². The van der Waals surface area contributed by atoms with Crippen LogP contribution in [0.3, 0.4) is 0 Å². The first-order valence-electron chi connectivity index (χ1n) is 5.90. The number of nitro benzene ring substituents is 1. The Kier molecular flexibility index (Phi) is 6.46. The number of benzene rings is 1. The molecule has 0 heterocycles. The average Bonchev–Trinajstić information content (AvgIpc) is 2.35. The van der Waals surface area contributed by atoms with Crippen molar-refractivity contribution < 1.29 is 9.66 Å². The Labute approximate surface area is 111 Å². The third-order valence-electron chi connectivity index (χ3n) is 2.29. The lowest BCUT2D eigenvalue weighted by Gasteiger charge is -2.07. The van der Waals surface area contributed by atoms with Gasteiger partial charge in [0.25, 0.3) is 5.69 Å². The predicted molar refractivity (Wildman–Crippen MR) is 72.3 cm³/mol. The van der Waals surface area contributed by atoms with E-state index < -0.39 is 4.92 Å². The molecule has 0 saturated heterocycles. The minimum atomic E-state index is -0.443. The molecule has 1 N–H and O–H groups in total. The molecular weight excluding hydrogens is 256 g/mol. The first kappa shape index (κ1) is 14.7. The summed E-state index contributed by atoms with van der Waals surface area (Å²) < 4.78 is 5.32. The van der Waals surface area contributed by atoms with Crippen molar-refractivity contribution in [1.82, 2.24) is 0 Å². The molecule has 0 bridgehead atoms. The van der Waals surface area contributed by atoms with E-state index in [1.54, 1.807) is 12.1 Å². The Morgan fingerprint density at radius 1 is 1.44 bits per heavy atom. The molecule has 0 radical (unpaired) electrons. The van der Waals surface area contributed by atoms with Crippen LogP contribution in [0.1, 0.15) is 19.8 Å². The van der Waals surface area contributed by atoms with Crippen LogP contribution in [0, 0.1) is 10.1 Å². The second-order valence-corrected chi connectivity index (χ2v) is 4.25. The summed E-state index contributed by atoms with van der Waals surface area (Å²) in [5.74, 6) is 0. The summed E-state index contributed by atoms with van der Waals surface area (Å²) in [5.41, 5.74) is 0.483. The Hall–Kier alpha value is -1.33. The number of nitro groups is 1. The third-order valence-corrected chi connectivity index (χ3v) is 2.52. The zero-order valence-corrected chi connectivity index (χ0v) is 11.1. The number of ether oxygens (including phenoxy) is 1. The van der Waals surface area contributed by atoms with Crippen molar-refractivity contribution in [2.75, 3.05) is 25.1 Å². The summed E-state index contributed by atoms with van der Waals surface area (Å²) in [5, 5.41) is 14.2. The minimum Gasteiger partial charge on any atom is -0.381 e. The summed E-state index contributed by atoms with van der Waals surface area (Å²) >= 11 is 5.73. The third kappa shape index (κ3) is 4.89. The summed E-state index contributed by atoms with van der Waals surface area (Å²) in [6.07, 6.45) is 1.80. The SMILES string of the molecule is CCCOCCCNc1ccc(Cl)cc1[N+](=O)[O-]. The lowest BCUT2D eigenvalue weighted by molar-refractivity contribution is -0.383. The Balaban J connectivity index is 2.44. The van der Waals surface area contributed by atoms with Crippen molar-refractivity contribution in [3.05, 3.63) is 33.3 Å². The molecular formula is C12H17ClN2O3. The van der Waals surface area contributed by atoms with Gasteiger partial charge in [0, 0.05) is 30.8 Å². The van der Waals surface area contributed by atoms with Crippen LogP contribution in [0.5, 0.6) is 0 Å². The molecule has 0 aromatic heterocycles. The van der Waals surface area contributed by atoms with E-state index in [1.807, 2.05) is 0 Å². The molecule has 0 unspecified atom stereocenters. The summed E-state index contributed by atoms with van der Waals surface area (Å²) in [4.78, 5) is 10.4. The fraction of sp³-hybridized carbons (Fsp3) is 0.500. The maximum Gasteiger partial charge on any atom is 0.293 e. The highest BCUT2D eigenvalue weighted by Crippen LogP contribution is 2.27. The van der Waals surface area contributed by atoms with Gasteiger partial charge in [-0.05, 0) is 25.0 Å². The highest BCUT2D eigenvalue weighted by Gasteiger charge is 2.13. The molecule has 0 fully saturated rings. The van der Waals surface area contributed by atoms with Crippen molar-refractivity contribution in [1.29, 1.82) is 0 Å². The fourth-order valence-electron chi connectivity index (χ4n) is 1.45. The van der Waals surface area contributed by atoms with Gasteiger partial charge >= 0.3 is 0 Å². The largest absolute Gasteiger partial charge is 0.381 e. The minimum absolute atomic E-state index is 0.00280. The van der Waals surface area contributed by atoms with Crippen molar-refractivity contribution >= 4 is 23.0 Å². The number of halogens is 1. The van der Waals surface area contributed by atoms with Crippen LogP contribution < -0.4 is 5.32 Å². The molecule has 0 spiro atoms. The molecule has 1 aromatic carbocycles. The van der Waals surface area contributed by atoms with Crippen LogP contribution in [-0.4, -0.2) is 24.7 Å². The first-order chi connectivity index (χ1) is 8.65. The van der Waals surface area contributed by atoms with Crippen LogP contribution in [0.25, 0.3) is 0 Å². The molecule has 5 nitrogen and oxygen atoms in total. The van der Waals surface area contributed by atoms with Crippen LogP contribution in [0.4, 0.5) is 11.4 Å². The Morgan fingerprint density at radius 2 is 2.22 bits per heavy atom. The molecule has 0 aliphatic rings. The molecule has 1 aromatic rings. The van der Waals surface area contributed by atoms with E-state index >= 15 is 0 Å². The van der Waals surface area contributed by atoms with Gasteiger partial charge in [0.1, 0.15) is 5.69 Å².